The molecule has 0 amide bonds. The Morgan fingerprint density at radius 2 is 1.64 bits per heavy atom. The molecule has 0 unspecified atom stereocenters. The molecule has 0 saturated carbocycles. The Bertz CT molecular complexity index is 1290. The summed E-state index contributed by atoms with van der Waals surface area (Å²) in [4.78, 5) is 26.3. The molecule has 0 saturated heterocycles. The first-order chi connectivity index (χ1) is 16.6. The number of hydrogen-bond acceptors (Lipinski definition) is 4. The minimum absolute atomic E-state index is 0.0759. The van der Waals surface area contributed by atoms with Gasteiger partial charge in [0.2, 0.25) is 0 Å². The summed E-state index contributed by atoms with van der Waals surface area (Å²) in [7, 11) is 1.54. The average molecular weight is 524 g/mol. The third-order valence-electron chi connectivity index (χ3n) is 6.05. The number of carbonyl (C=O) groups is 1. The van der Waals surface area contributed by atoms with E-state index < -0.39 is 28.4 Å². The van der Waals surface area contributed by atoms with Crippen LogP contribution in [0.3, 0.4) is 0 Å². The highest BCUT2D eigenvalue weighted by Crippen LogP contribution is 2.34. The summed E-state index contributed by atoms with van der Waals surface area (Å²) in [5.74, 6) is 0.0181. The number of ketones is 1. The number of Topliss-reactive ketones (excluding diaryl/α,β-unsaturated/α-hetero) is 1. The maximum Gasteiger partial charge on any atom is 0.416 e. The Balaban J connectivity index is 1.91. The average Bonchev–Trinajstić information content (AvgIpc) is 3.08. The summed E-state index contributed by atoms with van der Waals surface area (Å²) >= 11 is 6.00. The number of alkyl halides is 3. The minimum Gasteiger partial charge on any atom is -0.377 e. The summed E-state index contributed by atoms with van der Waals surface area (Å²) < 4.78 is 47.5. The summed E-state index contributed by atoms with van der Waals surface area (Å²) in [5, 5.41) is 4.94. The van der Waals surface area contributed by atoms with Gasteiger partial charge in [-0.15, -0.1) is 5.10 Å². The molecule has 0 N–H and O–H groups in total. The number of methoxy groups -OCH3 is 1. The van der Waals surface area contributed by atoms with Gasteiger partial charge in [-0.2, -0.15) is 13.2 Å². The van der Waals surface area contributed by atoms with Crippen LogP contribution in [-0.4, -0.2) is 32.8 Å². The van der Waals surface area contributed by atoms with Crippen molar-refractivity contribution < 1.29 is 22.7 Å². The van der Waals surface area contributed by atoms with Gasteiger partial charge in [0.05, 0.1) is 17.7 Å². The van der Waals surface area contributed by atoms with Crippen molar-refractivity contribution in [1.29, 1.82) is 0 Å². The first-order valence-corrected chi connectivity index (χ1v) is 11.7. The van der Waals surface area contributed by atoms with Crippen LogP contribution in [0.2, 0.25) is 5.02 Å². The van der Waals surface area contributed by atoms with Crippen molar-refractivity contribution in [1.82, 2.24) is 14.3 Å². The quantitative estimate of drug-likeness (QED) is 0.358. The fourth-order valence-electron chi connectivity index (χ4n) is 3.88. The van der Waals surface area contributed by atoms with Crippen molar-refractivity contribution in [2.75, 3.05) is 7.11 Å². The van der Waals surface area contributed by atoms with Gasteiger partial charge in [-0.3, -0.25) is 9.36 Å². The van der Waals surface area contributed by atoms with Crippen LogP contribution in [0.4, 0.5) is 13.2 Å². The van der Waals surface area contributed by atoms with Gasteiger partial charge in [-0.25, -0.2) is 9.48 Å². The van der Waals surface area contributed by atoms with E-state index in [1.165, 1.54) is 17.7 Å². The highest BCUT2D eigenvalue weighted by atomic mass is 35.5. The van der Waals surface area contributed by atoms with E-state index in [2.05, 4.69) is 5.10 Å². The maximum absolute atomic E-state index is 13.3. The SMILES string of the molecule is COC(C)(C)Cn1c(-c2ccc(Cl)cc2)nn(CC(=O)CC(C)(C)c2cccc(C(F)(F)F)c2)c1=O. The van der Waals surface area contributed by atoms with Crippen LogP contribution < -0.4 is 5.69 Å². The molecule has 0 aliphatic rings. The summed E-state index contributed by atoms with van der Waals surface area (Å²) in [6, 6.07) is 11.7. The fourth-order valence-corrected chi connectivity index (χ4v) is 4.00. The standard InChI is InChI=1S/C26H29ClF3N3O3/c1-24(2,18-7-6-8-19(13-18)26(28,29)30)14-21(34)15-33-23(35)32(16-25(3,4)36-5)22(31-33)17-9-11-20(27)12-10-17/h6-13H,14-16H2,1-5H3. The van der Waals surface area contributed by atoms with E-state index in [4.69, 9.17) is 16.3 Å². The highest BCUT2D eigenvalue weighted by molar-refractivity contribution is 6.30. The molecule has 0 aliphatic carbocycles. The molecule has 0 radical (unpaired) electrons. The number of ether oxygens (including phenoxy) is 1. The van der Waals surface area contributed by atoms with E-state index in [0.717, 1.165) is 16.8 Å². The maximum atomic E-state index is 13.3. The molecular weight excluding hydrogens is 495 g/mol. The molecule has 1 aromatic heterocycles. The molecule has 194 valence electrons. The molecule has 3 aromatic rings. The lowest BCUT2D eigenvalue weighted by Gasteiger charge is -2.25. The second-order valence-electron chi connectivity index (χ2n) is 10.00. The Morgan fingerprint density at radius 1 is 1.03 bits per heavy atom. The predicted octanol–water partition coefficient (Wildman–Crippen LogP) is 5.75. The number of hydrogen-bond donors (Lipinski definition) is 0. The van der Waals surface area contributed by atoms with Gasteiger partial charge in [-0.05, 0) is 55.2 Å². The van der Waals surface area contributed by atoms with E-state index in [1.807, 2.05) is 13.8 Å². The zero-order valence-corrected chi connectivity index (χ0v) is 21.6. The monoisotopic (exact) mass is 523 g/mol. The smallest absolute Gasteiger partial charge is 0.377 e. The first-order valence-electron chi connectivity index (χ1n) is 11.3. The van der Waals surface area contributed by atoms with Gasteiger partial charge in [0.15, 0.2) is 11.6 Å². The number of benzene rings is 2. The Hall–Kier alpha value is -2.91. The largest absolute Gasteiger partial charge is 0.416 e. The zero-order valence-electron chi connectivity index (χ0n) is 20.8. The molecule has 10 heteroatoms. The van der Waals surface area contributed by atoms with Gasteiger partial charge >= 0.3 is 11.9 Å². The van der Waals surface area contributed by atoms with Crippen LogP contribution in [0.25, 0.3) is 11.4 Å². The van der Waals surface area contributed by atoms with Crippen LogP contribution in [0.15, 0.2) is 53.3 Å². The van der Waals surface area contributed by atoms with Gasteiger partial charge in [0, 0.05) is 24.1 Å². The van der Waals surface area contributed by atoms with Crippen molar-refractivity contribution in [3.8, 4) is 11.4 Å². The fraction of sp³-hybridized carbons (Fsp3) is 0.423. The van der Waals surface area contributed by atoms with Gasteiger partial charge in [0.25, 0.3) is 0 Å². The molecule has 0 fully saturated rings. The lowest BCUT2D eigenvalue weighted by atomic mass is 9.79. The summed E-state index contributed by atoms with van der Waals surface area (Å²) in [5.41, 5.74) is -1.82. The van der Waals surface area contributed by atoms with Crippen molar-refractivity contribution >= 4 is 17.4 Å². The van der Waals surface area contributed by atoms with Gasteiger partial charge in [-0.1, -0.05) is 43.6 Å². The topological polar surface area (TPSA) is 66.1 Å². The van der Waals surface area contributed by atoms with Crippen LogP contribution in [0.1, 0.15) is 45.2 Å². The third-order valence-corrected chi connectivity index (χ3v) is 6.31. The van der Waals surface area contributed by atoms with Crippen LogP contribution in [0.5, 0.6) is 0 Å². The molecule has 0 spiro atoms. The van der Waals surface area contributed by atoms with Crippen LogP contribution >= 0.6 is 11.6 Å². The number of aromatic nitrogens is 3. The number of halogens is 4. The Kier molecular flexibility index (Phi) is 7.86. The second kappa shape index (κ2) is 10.2. The van der Waals surface area contributed by atoms with Crippen molar-refractivity contribution in [3.63, 3.8) is 0 Å². The molecule has 0 atom stereocenters. The van der Waals surface area contributed by atoms with E-state index in [0.29, 0.717) is 22.0 Å². The minimum atomic E-state index is -4.48. The van der Waals surface area contributed by atoms with Crippen molar-refractivity contribution in [2.45, 2.75) is 64.4 Å². The Morgan fingerprint density at radius 3 is 2.22 bits per heavy atom. The van der Waals surface area contributed by atoms with Gasteiger partial charge < -0.3 is 4.74 Å². The third kappa shape index (κ3) is 6.44. The molecule has 2 aromatic carbocycles. The molecule has 3 rings (SSSR count). The highest BCUT2D eigenvalue weighted by Gasteiger charge is 2.33. The van der Waals surface area contributed by atoms with Crippen molar-refractivity contribution in [2.24, 2.45) is 0 Å². The predicted molar refractivity (Wildman–Crippen MR) is 132 cm³/mol. The number of nitrogens with zero attached hydrogens (tertiary/aromatic N) is 3. The molecule has 6 nitrogen and oxygen atoms in total. The summed E-state index contributed by atoms with van der Waals surface area (Å²) in [6.45, 7) is 6.91. The van der Waals surface area contributed by atoms with E-state index in [9.17, 15) is 22.8 Å². The molecule has 1 heterocycles. The zero-order chi connectivity index (χ0) is 26.9. The summed E-state index contributed by atoms with van der Waals surface area (Å²) in [6.07, 6.45) is -4.56. The molecule has 0 aliphatic heterocycles. The number of rotatable bonds is 9. The van der Waals surface area contributed by atoms with Crippen LogP contribution in [-0.2, 0) is 34.2 Å². The number of carbonyl (C=O) groups excluding carboxylic acids is 1. The lowest BCUT2D eigenvalue weighted by molar-refractivity contribution is -0.137. The molecule has 36 heavy (non-hydrogen) atoms. The lowest BCUT2D eigenvalue weighted by Crippen LogP contribution is -2.36. The van der Waals surface area contributed by atoms with E-state index in [-0.39, 0.29) is 25.3 Å². The van der Waals surface area contributed by atoms with Crippen molar-refractivity contribution in [3.05, 3.63) is 75.2 Å². The van der Waals surface area contributed by atoms with Crippen LogP contribution in [0, 0.1) is 0 Å². The van der Waals surface area contributed by atoms with E-state index in [1.54, 1.807) is 44.2 Å². The van der Waals surface area contributed by atoms with Gasteiger partial charge in [0.1, 0.15) is 6.54 Å². The molecule has 0 bridgehead atoms. The first kappa shape index (κ1) is 27.7. The normalized spacial score (nSPS) is 12.7. The Labute approximate surface area is 212 Å². The second-order valence-corrected chi connectivity index (χ2v) is 10.4. The molecular formula is C26H29ClF3N3O3. The van der Waals surface area contributed by atoms with E-state index >= 15 is 0 Å².